The molecule has 0 aliphatic carbocycles. The van der Waals surface area contributed by atoms with Crippen molar-refractivity contribution in [3.05, 3.63) is 53.7 Å². The number of benzene rings is 1. The van der Waals surface area contributed by atoms with E-state index >= 15 is 0 Å². The third-order valence-corrected chi connectivity index (χ3v) is 3.89. The first kappa shape index (κ1) is 14.4. The molecule has 22 heavy (non-hydrogen) atoms. The van der Waals surface area contributed by atoms with E-state index in [-0.39, 0.29) is 17.6 Å². The molecule has 2 aromatic rings. The van der Waals surface area contributed by atoms with Crippen molar-refractivity contribution in [3.63, 3.8) is 0 Å². The first-order valence-corrected chi connectivity index (χ1v) is 7.20. The monoisotopic (exact) mass is 301 g/mol. The second-order valence-electron chi connectivity index (χ2n) is 5.39. The second kappa shape index (κ2) is 6.09. The van der Waals surface area contributed by atoms with Gasteiger partial charge >= 0.3 is 5.97 Å². The van der Waals surface area contributed by atoms with Crippen molar-refractivity contribution in [2.45, 2.75) is 25.3 Å². The molecular formula is C16H16FN3O2. The molecule has 1 N–H and O–H groups in total. The predicted octanol–water partition coefficient (Wildman–Crippen LogP) is 2.53. The Morgan fingerprint density at radius 3 is 2.91 bits per heavy atom. The van der Waals surface area contributed by atoms with Crippen LogP contribution in [0.4, 0.5) is 10.2 Å². The molecule has 1 unspecified atom stereocenters. The zero-order chi connectivity index (χ0) is 15.5. The van der Waals surface area contributed by atoms with Crippen LogP contribution in [0, 0.1) is 5.82 Å². The Balaban J connectivity index is 1.76. The van der Waals surface area contributed by atoms with Crippen LogP contribution in [0.2, 0.25) is 0 Å². The lowest BCUT2D eigenvalue weighted by atomic mass is 10.0. The van der Waals surface area contributed by atoms with Gasteiger partial charge in [0.2, 0.25) is 0 Å². The molecule has 1 atom stereocenters. The van der Waals surface area contributed by atoms with E-state index in [1.807, 2.05) is 6.07 Å². The number of carbonyl (C=O) groups is 1. The van der Waals surface area contributed by atoms with Gasteiger partial charge in [0.15, 0.2) is 5.69 Å². The average molecular weight is 301 g/mol. The average Bonchev–Trinajstić information content (AvgIpc) is 2.95. The van der Waals surface area contributed by atoms with Gasteiger partial charge in [0.25, 0.3) is 0 Å². The highest BCUT2D eigenvalue weighted by Crippen LogP contribution is 2.26. The molecule has 5 nitrogen and oxygen atoms in total. The quantitative estimate of drug-likeness (QED) is 0.940. The molecule has 3 rings (SSSR count). The Hall–Kier alpha value is -2.50. The lowest BCUT2D eigenvalue weighted by Crippen LogP contribution is -2.32. The summed E-state index contributed by atoms with van der Waals surface area (Å²) >= 11 is 0. The van der Waals surface area contributed by atoms with Crippen LogP contribution in [0.25, 0.3) is 0 Å². The molecule has 0 radical (unpaired) electrons. The lowest BCUT2D eigenvalue weighted by molar-refractivity contribution is 0.0690. The molecular weight excluding hydrogens is 285 g/mol. The van der Waals surface area contributed by atoms with Gasteiger partial charge in [-0.25, -0.2) is 19.2 Å². The summed E-state index contributed by atoms with van der Waals surface area (Å²) in [7, 11) is 0. The Labute approximate surface area is 127 Å². The highest BCUT2D eigenvalue weighted by Gasteiger charge is 2.26. The van der Waals surface area contributed by atoms with Gasteiger partial charge in [0, 0.05) is 12.6 Å². The molecule has 1 aromatic carbocycles. The van der Waals surface area contributed by atoms with Gasteiger partial charge < -0.3 is 10.0 Å². The minimum absolute atomic E-state index is 0.0652. The number of carboxylic acids is 1. The van der Waals surface area contributed by atoms with Crippen LogP contribution in [0.1, 0.15) is 28.9 Å². The van der Waals surface area contributed by atoms with Crippen LogP contribution in [-0.2, 0) is 6.42 Å². The minimum atomic E-state index is -1.09. The molecule has 6 heteroatoms. The zero-order valence-electron chi connectivity index (χ0n) is 11.9. The van der Waals surface area contributed by atoms with Crippen molar-refractivity contribution in [2.24, 2.45) is 0 Å². The maximum atomic E-state index is 13.3. The van der Waals surface area contributed by atoms with E-state index in [1.54, 1.807) is 12.1 Å². The van der Waals surface area contributed by atoms with Gasteiger partial charge in [0.05, 0.1) is 12.4 Å². The fourth-order valence-electron chi connectivity index (χ4n) is 2.87. The van der Waals surface area contributed by atoms with Gasteiger partial charge in [-0.15, -0.1) is 0 Å². The molecule has 1 saturated heterocycles. The molecule has 0 amide bonds. The maximum Gasteiger partial charge on any atom is 0.356 e. The van der Waals surface area contributed by atoms with Crippen molar-refractivity contribution in [2.75, 3.05) is 11.4 Å². The van der Waals surface area contributed by atoms with Crippen LogP contribution in [0.5, 0.6) is 0 Å². The Kier molecular flexibility index (Phi) is 4.00. The molecule has 1 aliphatic heterocycles. The number of halogens is 1. The molecule has 1 aliphatic rings. The van der Waals surface area contributed by atoms with Crippen LogP contribution in [-0.4, -0.2) is 33.6 Å². The highest BCUT2D eigenvalue weighted by molar-refractivity contribution is 5.84. The van der Waals surface area contributed by atoms with Gasteiger partial charge in [-0.05, 0) is 37.0 Å². The Morgan fingerprint density at radius 1 is 1.36 bits per heavy atom. The van der Waals surface area contributed by atoms with Crippen molar-refractivity contribution in [3.8, 4) is 0 Å². The van der Waals surface area contributed by atoms with Gasteiger partial charge in [-0.3, -0.25) is 0 Å². The molecule has 114 valence electrons. The SMILES string of the molecule is O=C(O)c1cnc(N2CCCC2Cc2cccc(F)c2)cn1. The standard InChI is InChI=1S/C16H16FN3O2/c17-12-4-1-3-11(7-12)8-13-5-2-6-20(13)15-10-18-14(9-19-15)16(21)22/h1,3-4,7,9-10,13H,2,5-6,8H2,(H,21,22). The molecule has 0 spiro atoms. The van der Waals surface area contributed by atoms with E-state index in [0.717, 1.165) is 31.4 Å². The van der Waals surface area contributed by atoms with E-state index < -0.39 is 5.97 Å². The molecule has 1 aromatic heterocycles. The van der Waals surface area contributed by atoms with Gasteiger partial charge in [-0.2, -0.15) is 0 Å². The topological polar surface area (TPSA) is 66.3 Å². The fraction of sp³-hybridized carbons (Fsp3) is 0.312. The number of carboxylic acid groups (broad SMARTS) is 1. The summed E-state index contributed by atoms with van der Waals surface area (Å²) in [6, 6.07) is 6.85. The van der Waals surface area contributed by atoms with Crippen molar-refractivity contribution in [1.29, 1.82) is 0 Å². The Morgan fingerprint density at radius 2 is 2.23 bits per heavy atom. The molecule has 1 fully saturated rings. The minimum Gasteiger partial charge on any atom is -0.476 e. The van der Waals surface area contributed by atoms with Crippen LogP contribution in [0.3, 0.4) is 0 Å². The smallest absolute Gasteiger partial charge is 0.356 e. The first-order valence-electron chi connectivity index (χ1n) is 7.20. The number of nitrogens with zero attached hydrogens (tertiary/aromatic N) is 3. The number of anilines is 1. The summed E-state index contributed by atoms with van der Waals surface area (Å²) in [6.07, 6.45) is 5.53. The number of rotatable bonds is 4. The van der Waals surface area contributed by atoms with Gasteiger partial charge in [0.1, 0.15) is 11.6 Å². The molecule has 0 bridgehead atoms. The number of hydrogen-bond donors (Lipinski definition) is 1. The second-order valence-corrected chi connectivity index (χ2v) is 5.39. The molecule has 0 saturated carbocycles. The predicted molar refractivity (Wildman–Crippen MR) is 79.5 cm³/mol. The molecule has 2 heterocycles. The number of hydrogen-bond acceptors (Lipinski definition) is 4. The van der Waals surface area contributed by atoms with Crippen molar-refractivity contribution < 1.29 is 14.3 Å². The van der Waals surface area contributed by atoms with Crippen LogP contribution >= 0.6 is 0 Å². The maximum absolute atomic E-state index is 13.3. The number of aromatic carboxylic acids is 1. The third-order valence-electron chi connectivity index (χ3n) is 3.89. The summed E-state index contributed by atoms with van der Waals surface area (Å²) < 4.78 is 13.3. The van der Waals surface area contributed by atoms with Crippen LogP contribution in [0.15, 0.2) is 36.7 Å². The van der Waals surface area contributed by atoms with E-state index in [9.17, 15) is 9.18 Å². The third kappa shape index (κ3) is 3.05. The summed E-state index contributed by atoms with van der Waals surface area (Å²) in [5, 5.41) is 8.86. The normalized spacial score (nSPS) is 17.7. The highest BCUT2D eigenvalue weighted by atomic mass is 19.1. The first-order chi connectivity index (χ1) is 10.6. The summed E-state index contributed by atoms with van der Waals surface area (Å²) in [6.45, 7) is 0.848. The Bertz CT molecular complexity index is 675. The van der Waals surface area contributed by atoms with Crippen molar-refractivity contribution in [1.82, 2.24) is 9.97 Å². The zero-order valence-corrected chi connectivity index (χ0v) is 11.9. The fourth-order valence-corrected chi connectivity index (χ4v) is 2.87. The van der Waals surface area contributed by atoms with E-state index in [4.69, 9.17) is 5.11 Å². The van der Waals surface area contributed by atoms with E-state index in [1.165, 1.54) is 18.5 Å². The van der Waals surface area contributed by atoms with Crippen molar-refractivity contribution >= 4 is 11.8 Å². The lowest BCUT2D eigenvalue weighted by Gasteiger charge is -2.25. The summed E-state index contributed by atoms with van der Waals surface area (Å²) in [5.41, 5.74) is 0.886. The largest absolute Gasteiger partial charge is 0.476 e. The number of aromatic nitrogens is 2. The van der Waals surface area contributed by atoms with E-state index in [2.05, 4.69) is 14.9 Å². The van der Waals surface area contributed by atoms with Gasteiger partial charge in [-0.1, -0.05) is 12.1 Å². The van der Waals surface area contributed by atoms with E-state index in [0.29, 0.717) is 5.82 Å². The van der Waals surface area contributed by atoms with Crippen LogP contribution < -0.4 is 4.90 Å². The summed E-state index contributed by atoms with van der Waals surface area (Å²) in [4.78, 5) is 21.0. The summed E-state index contributed by atoms with van der Waals surface area (Å²) in [5.74, 6) is -0.645.